The van der Waals surface area contributed by atoms with Gasteiger partial charge in [0.2, 0.25) is 5.91 Å². The third-order valence-electron chi connectivity index (χ3n) is 4.03. The van der Waals surface area contributed by atoms with Crippen LogP contribution in [0.4, 0.5) is 8.78 Å². The average molecular weight is 310 g/mol. The van der Waals surface area contributed by atoms with Gasteiger partial charge in [-0.15, -0.1) is 0 Å². The number of nitrogens with zero attached hydrogens (tertiary/aromatic N) is 1. The molecule has 1 unspecified atom stereocenters. The van der Waals surface area contributed by atoms with Crippen LogP contribution in [-0.4, -0.2) is 35.7 Å². The second-order valence-corrected chi connectivity index (χ2v) is 5.52. The summed E-state index contributed by atoms with van der Waals surface area (Å²) in [4.78, 5) is 25.9. The Morgan fingerprint density at radius 1 is 1.18 bits per heavy atom. The van der Waals surface area contributed by atoms with Crippen molar-refractivity contribution in [3.8, 4) is 0 Å². The molecule has 1 aliphatic rings. The van der Waals surface area contributed by atoms with Gasteiger partial charge >= 0.3 is 0 Å². The monoisotopic (exact) mass is 310 g/mol. The van der Waals surface area contributed by atoms with Crippen molar-refractivity contribution in [2.45, 2.75) is 38.1 Å². The van der Waals surface area contributed by atoms with Gasteiger partial charge in [-0.2, -0.15) is 0 Å². The molecule has 22 heavy (non-hydrogen) atoms. The van der Waals surface area contributed by atoms with E-state index in [2.05, 4.69) is 0 Å². The Hall–Kier alpha value is -1.82. The lowest BCUT2D eigenvalue weighted by molar-refractivity contribution is -0.134. The van der Waals surface area contributed by atoms with Crippen LogP contribution in [0, 0.1) is 11.6 Å². The molecular formula is C16H20F2N2O2. The fourth-order valence-corrected chi connectivity index (χ4v) is 2.75. The van der Waals surface area contributed by atoms with E-state index in [0.717, 1.165) is 31.4 Å². The Labute approximate surface area is 128 Å². The maximum absolute atomic E-state index is 13.1. The molecule has 2 N–H and O–H groups in total. The maximum atomic E-state index is 13.1. The fraction of sp³-hybridized carbons (Fsp3) is 0.500. The highest BCUT2D eigenvalue weighted by atomic mass is 19.2. The molecule has 1 atom stereocenters. The smallest absolute Gasteiger partial charge is 0.223 e. The molecule has 1 fully saturated rings. The molecule has 1 aromatic carbocycles. The van der Waals surface area contributed by atoms with Gasteiger partial charge in [-0.3, -0.25) is 9.59 Å². The van der Waals surface area contributed by atoms with Crippen LogP contribution in [0.1, 0.15) is 42.5 Å². The number of carbonyl (C=O) groups is 2. The number of halogens is 2. The van der Waals surface area contributed by atoms with Gasteiger partial charge in [0, 0.05) is 37.5 Å². The first kappa shape index (κ1) is 16.5. The number of ketones is 1. The van der Waals surface area contributed by atoms with E-state index in [4.69, 9.17) is 5.73 Å². The zero-order chi connectivity index (χ0) is 16.1. The highest BCUT2D eigenvalue weighted by Crippen LogP contribution is 2.18. The van der Waals surface area contributed by atoms with E-state index in [1.54, 1.807) is 4.90 Å². The Balaban J connectivity index is 1.92. The van der Waals surface area contributed by atoms with Gasteiger partial charge in [-0.1, -0.05) is 0 Å². The van der Waals surface area contributed by atoms with E-state index in [0.29, 0.717) is 13.1 Å². The van der Waals surface area contributed by atoms with Crippen molar-refractivity contribution in [2.75, 3.05) is 13.1 Å². The van der Waals surface area contributed by atoms with E-state index in [1.807, 2.05) is 0 Å². The van der Waals surface area contributed by atoms with Crippen molar-refractivity contribution in [3.63, 3.8) is 0 Å². The summed E-state index contributed by atoms with van der Waals surface area (Å²) < 4.78 is 26.0. The van der Waals surface area contributed by atoms with Gasteiger partial charge in [0.05, 0.1) is 0 Å². The molecule has 1 aliphatic heterocycles. The molecule has 0 spiro atoms. The van der Waals surface area contributed by atoms with Crippen molar-refractivity contribution in [3.05, 3.63) is 35.4 Å². The predicted octanol–water partition coefficient (Wildman–Crippen LogP) is 2.27. The van der Waals surface area contributed by atoms with Crippen LogP contribution in [0.5, 0.6) is 0 Å². The second kappa shape index (κ2) is 7.45. The molecule has 0 radical (unpaired) electrons. The summed E-state index contributed by atoms with van der Waals surface area (Å²) in [6.07, 6.45) is 2.93. The average Bonchev–Trinajstić information content (AvgIpc) is 2.54. The van der Waals surface area contributed by atoms with Crippen LogP contribution in [0.15, 0.2) is 18.2 Å². The minimum absolute atomic E-state index is 0.0162. The van der Waals surface area contributed by atoms with Crippen molar-refractivity contribution >= 4 is 11.7 Å². The quantitative estimate of drug-likeness (QED) is 0.849. The molecule has 0 saturated carbocycles. The standard InChI is InChI=1S/C16H20F2N2O2/c17-13-5-4-11(9-14(13)18)15(21)6-7-16(22)20-8-2-1-3-12(20)10-19/h4-5,9,12H,1-3,6-8,10,19H2. The molecule has 0 bridgehead atoms. The van der Waals surface area contributed by atoms with Gasteiger partial charge in [0.25, 0.3) is 0 Å². The van der Waals surface area contributed by atoms with E-state index in [1.165, 1.54) is 6.07 Å². The number of amides is 1. The second-order valence-electron chi connectivity index (χ2n) is 5.52. The van der Waals surface area contributed by atoms with Crippen LogP contribution < -0.4 is 5.73 Å². The van der Waals surface area contributed by atoms with Crippen molar-refractivity contribution in [1.29, 1.82) is 0 Å². The molecule has 6 heteroatoms. The first-order valence-electron chi connectivity index (χ1n) is 7.50. The third-order valence-corrected chi connectivity index (χ3v) is 4.03. The fourth-order valence-electron chi connectivity index (χ4n) is 2.75. The van der Waals surface area contributed by atoms with E-state index >= 15 is 0 Å². The first-order valence-corrected chi connectivity index (χ1v) is 7.50. The Bertz CT molecular complexity index is 563. The number of piperidine rings is 1. The van der Waals surface area contributed by atoms with Crippen LogP contribution in [-0.2, 0) is 4.79 Å². The third kappa shape index (κ3) is 3.88. The summed E-state index contributed by atoms with van der Waals surface area (Å²) in [5.41, 5.74) is 5.76. The molecule has 0 aliphatic carbocycles. The minimum atomic E-state index is -1.06. The summed E-state index contributed by atoms with van der Waals surface area (Å²) in [6.45, 7) is 1.09. The Kier molecular flexibility index (Phi) is 5.60. The summed E-state index contributed by atoms with van der Waals surface area (Å²) in [7, 11) is 0. The molecule has 120 valence electrons. The zero-order valence-corrected chi connectivity index (χ0v) is 12.4. The SMILES string of the molecule is NCC1CCCCN1C(=O)CCC(=O)c1ccc(F)c(F)c1. The zero-order valence-electron chi connectivity index (χ0n) is 12.4. The molecule has 1 aromatic rings. The summed E-state index contributed by atoms with van der Waals surface area (Å²) in [6, 6.07) is 3.06. The molecule has 2 rings (SSSR count). The number of carbonyl (C=O) groups excluding carboxylic acids is 2. The summed E-state index contributed by atoms with van der Waals surface area (Å²) >= 11 is 0. The number of likely N-dealkylation sites (tertiary alicyclic amines) is 1. The van der Waals surface area contributed by atoms with Crippen LogP contribution >= 0.6 is 0 Å². The lowest BCUT2D eigenvalue weighted by Crippen LogP contribution is -2.47. The number of hydrogen-bond acceptors (Lipinski definition) is 3. The highest BCUT2D eigenvalue weighted by molar-refractivity contribution is 5.98. The maximum Gasteiger partial charge on any atom is 0.223 e. The van der Waals surface area contributed by atoms with Gasteiger partial charge in [0.1, 0.15) is 0 Å². The van der Waals surface area contributed by atoms with Crippen LogP contribution in [0.3, 0.4) is 0 Å². The largest absolute Gasteiger partial charge is 0.338 e. The number of rotatable bonds is 5. The van der Waals surface area contributed by atoms with Gasteiger partial charge in [0.15, 0.2) is 17.4 Å². The van der Waals surface area contributed by atoms with Crippen molar-refractivity contribution in [1.82, 2.24) is 4.90 Å². The van der Waals surface area contributed by atoms with E-state index < -0.39 is 11.6 Å². The number of nitrogens with two attached hydrogens (primary N) is 1. The normalized spacial score (nSPS) is 18.3. The first-order chi connectivity index (χ1) is 10.5. The number of benzene rings is 1. The molecule has 1 heterocycles. The lowest BCUT2D eigenvalue weighted by Gasteiger charge is -2.35. The topological polar surface area (TPSA) is 63.4 Å². The summed E-state index contributed by atoms with van der Waals surface area (Å²) in [5, 5.41) is 0. The Morgan fingerprint density at radius 2 is 1.95 bits per heavy atom. The van der Waals surface area contributed by atoms with Crippen LogP contribution in [0.2, 0.25) is 0 Å². The summed E-state index contributed by atoms with van der Waals surface area (Å²) in [5.74, 6) is -2.53. The van der Waals surface area contributed by atoms with Gasteiger partial charge < -0.3 is 10.6 Å². The molecular weight excluding hydrogens is 290 g/mol. The minimum Gasteiger partial charge on any atom is -0.338 e. The van der Waals surface area contributed by atoms with E-state index in [-0.39, 0.29) is 36.1 Å². The van der Waals surface area contributed by atoms with Crippen molar-refractivity contribution < 1.29 is 18.4 Å². The molecule has 4 nitrogen and oxygen atoms in total. The predicted molar refractivity (Wildman–Crippen MR) is 78.3 cm³/mol. The number of hydrogen-bond donors (Lipinski definition) is 1. The highest BCUT2D eigenvalue weighted by Gasteiger charge is 2.25. The van der Waals surface area contributed by atoms with Gasteiger partial charge in [-0.25, -0.2) is 8.78 Å². The lowest BCUT2D eigenvalue weighted by atomic mass is 10.0. The van der Waals surface area contributed by atoms with Crippen molar-refractivity contribution in [2.24, 2.45) is 5.73 Å². The van der Waals surface area contributed by atoms with Crippen LogP contribution in [0.25, 0.3) is 0 Å². The number of Topliss-reactive ketones (excluding diaryl/α,β-unsaturated/α-hetero) is 1. The molecule has 0 aromatic heterocycles. The molecule has 1 saturated heterocycles. The van der Waals surface area contributed by atoms with E-state index in [9.17, 15) is 18.4 Å². The Morgan fingerprint density at radius 3 is 2.64 bits per heavy atom. The van der Waals surface area contributed by atoms with Gasteiger partial charge in [-0.05, 0) is 37.5 Å². The molecule has 1 amide bonds.